The van der Waals surface area contributed by atoms with Gasteiger partial charge in [0.1, 0.15) is 5.75 Å². The molecular formula is C22H28N2O2. The summed E-state index contributed by atoms with van der Waals surface area (Å²) in [6.07, 6.45) is 2.49. The summed E-state index contributed by atoms with van der Waals surface area (Å²) < 4.78 is 5.71. The molecule has 0 unspecified atom stereocenters. The van der Waals surface area contributed by atoms with Crippen molar-refractivity contribution in [1.29, 1.82) is 0 Å². The second kappa shape index (κ2) is 8.26. The van der Waals surface area contributed by atoms with Crippen molar-refractivity contribution in [2.24, 2.45) is 5.92 Å². The van der Waals surface area contributed by atoms with Crippen LogP contribution in [0.1, 0.15) is 30.9 Å². The molecule has 26 heavy (non-hydrogen) atoms. The maximum atomic E-state index is 12.2. The summed E-state index contributed by atoms with van der Waals surface area (Å²) >= 11 is 0. The smallest absolute Gasteiger partial charge is 0.262 e. The van der Waals surface area contributed by atoms with Crippen LogP contribution in [0.15, 0.2) is 42.5 Å². The van der Waals surface area contributed by atoms with E-state index >= 15 is 0 Å². The highest BCUT2D eigenvalue weighted by molar-refractivity contribution is 5.92. The molecule has 0 aromatic heterocycles. The summed E-state index contributed by atoms with van der Waals surface area (Å²) in [5.41, 5.74) is 4.10. The minimum Gasteiger partial charge on any atom is -0.483 e. The topological polar surface area (TPSA) is 41.6 Å². The number of aryl methyl sites for hydroxylation is 2. The first kappa shape index (κ1) is 18.3. The van der Waals surface area contributed by atoms with Gasteiger partial charge in [-0.2, -0.15) is 0 Å². The van der Waals surface area contributed by atoms with Crippen LogP contribution in [0.4, 0.5) is 11.4 Å². The fourth-order valence-corrected chi connectivity index (χ4v) is 3.38. The maximum absolute atomic E-state index is 12.2. The Bertz CT molecular complexity index is 727. The van der Waals surface area contributed by atoms with Gasteiger partial charge in [-0.3, -0.25) is 4.79 Å². The number of para-hydroxylation sites is 1. The molecule has 1 amide bonds. The van der Waals surface area contributed by atoms with Crippen LogP contribution in [0.2, 0.25) is 0 Å². The molecule has 0 aliphatic carbocycles. The van der Waals surface area contributed by atoms with Gasteiger partial charge in [0, 0.05) is 24.5 Å². The van der Waals surface area contributed by atoms with Crippen LogP contribution in [-0.4, -0.2) is 25.6 Å². The molecule has 1 aliphatic rings. The Morgan fingerprint density at radius 1 is 1.08 bits per heavy atom. The number of piperidine rings is 1. The minimum absolute atomic E-state index is 0.0114. The van der Waals surface area contributed by atoms with Crippen LogP contribution in [0.25, 0.3) is 0 Å². The van der Waals surface area contributed by atoms with E-state index in [0.29, 0.717) is 0 Å². The molecule has 4 nitrogen and oxygen atoms in total. The Morgan fingerprint density at radius 3 is 2.31 bits per heavy atom. The zero-order chi connectivity index (χ0) is 18.5. The van der Waals surface area contributed by atoms with Gasteiger partial charge in [0.2, 0.25) is 0 Å². The van der Waals surface area contributed by atoms with Crippen molar-refractivity contribution in [1.82, 2.24) is 0 Å². The zero-order valence-electron chi connectivity index (χ0n) is 15.9. The Balaban J connectivity index is 1.53. The predicted octanol–water partition coefficient (Wildman–Crippen LogP) is 4.56. The highest BCUT2D eigenvalue weighted by atomic mass is 16.5. The molecule has 1 N–H and O–H groups in total. The zero-order valence-corrected chi connectivity index (χ0v) is 15.9. The molecule has 1 heterocycles. The summed E-state index contributed by atoms with van der Waals surface area (Å²) in [6.45, 7) is 8.52. The Labute approximate surface area is 156 Å². The molecule has 138 valence electrons. The summed E-state index contributed by atoms with van der Waals surface area (Å²) in [5, 5.41) is 2.91. The predicted molar refractivity (Wildman–Crippen MR) is 107 cm³/mol. The number of hydrogen-bond donors (Lipinski definition) is 1. The number of carbonyl (C=O) groups is 1. The summed E-state index contributed by atoms with van der Waals surface area (Å²) in [6, 6.07) is 14.0. The van der Waals surface area contributed by atoms with E-state index < -0.39 is 0 Å². The van der Waals surface area contributed by atoms with Crippen LogP contribution in [0.3, 0.4) is 0 Å². The lowest BCUT2D eigenvalue weighted by Crippen LogP contribution is -2.32. The number of ether oxygens (including phenoxy) is 1. The van der Waals surface area contributed by atoms with Gasteiger partial charge in [0.25, 0.3) is 5.91 Å². The van der Waals surface area contributed by atoms with Crippen molar-refractivity contribution < 1.29 is 9.53 Å². The van der Waals surface area contributed by atoms with E-state index in [1.54, 1.807) is 0 Å². The maximum Gasteiger partial charge on any atom is 0.262 e. The van der Waals surface area contributed by atoms with E-state index in [1.165, 1.54) is 18.5 Å². The number of rotatable bonds is 5. The normalized spacial score (nSPS) is 15.0. The summed E-state index contributed by atoms with van der Waals surface area (Å²) in [4.78, 5) is 14.6. The van der Waals surface area contributed by atoms with Crippen LogP contribution in [0.5, 0.6) is 5.75 Å². The molecule has 1 aliphatic heterocycles. The Kier molecular flexibility index (Phi) is 5.82. The standard InChI is InChI=1S/C22H28N2O2/c1-16-11-13-24(14-12-16)20-9-7-19(8-10-20)23-21(25)15-26-22-17(2)5-4-6-18(22)3/h4-10,16H,11-15H2,1-3H3,(H,23,25). The van der Waals surface area contributed by atoms with Crippen LogP contribution in [0, 0.1) is 19.8 Å². The second-order valence-corrected chi connectivity index (χ2v) is 7.27. The van der Waals surface area contributed by atoms with Crippen LogP contribution in [-0.2, 0) is 4.79 Å². The van der Waals surface area contributed by atoms with Gasteiger partial charge in [-0.15, -0.1) is 0 Å². The number of amides is 1. The fraction of sp³-hybridized carbons (Fsp3) is 0.409. The molecule has 4 heteroatoms. The van der Waals surface area contributed by atoms with Gasteiger partial charge < -0.3 is 15.0 Å². The number of carbonyl (C=O) groups excluding carboxylic acids is 1. The SMILES string of the molecule is Cc1cccc(C)c1OCC(=O)Nc1ccc(N2CCC(C)CC2)cc1. The lowest BCUT2D eigenvalue weighted by atomic mass is 9.99. The summed E-state index contributed by atoms with van der Waals surface area (Å²) in [5.74, 6) is 1.46. The van der Waals surface area contributed by atoms with Crippen molar-refractivity contribution in [2.75, 3.05) is 29.9 Å². The number of nitrogens with one attached hydrogen (secondary N) is 1. The van der Waals surface area contributed by atoms with Gasteiger partial charge in [-0.05, 0) is 68.0 Å². The average Bonchev–Trinajstić information content (AvgIpc) is 2.63. The van der Waals surface area contributed by atoms with Crippen LogP contribution >= 0.6 is 0 Å². The number of benzene rings is 2. The third kappa shape index (κ3) is 4.57. The molecule has 2 aromatic carbocycles. The number of anilines is 2. The van der Waals surface area contributed by atoms with Crippen molar-refractivity contribution in [3.8, 4) is 5.75 Å². The molecular weight excluding hydrogens is 324 g/mol. The third-order valence-electron chi connectivity index (χ3n) is 5.06. The van der Waals surface area contributed by atoms with Gasteiger partial charge in [0.15, 0.2) is 6.61 Å². The van der Waals surface area contributed by atoms with E-state index in [1.807, 2.05) is 44.2 Å². The van der Waals surface area contributed by atoms with Crippen molar-refractivity contribution in [3.63, 3.8) is 0 Å². The van der Waals surface area contributed by atoms with Crippen molar-refractivity contribution in [3.05, 3.63) is 53.6 Å². The van der Waals surface area contributed by atoms with Crippen molar-refractivity contribution in [2.45, 2.75) is 33.6 Å². The fourth-order valence-electron chi connectivity index (χ4n) is 3.38. The highest BCUT2D eigenvalue weighted by Gasteiger charge is 2.16. The second-order valence-electron chi connectivity index (χ2n) is 7.27. The third-order valence-corrected chi connectivity index (χ3v) is 5.06. The van der Waals surface area contributed by atoms with Gasteiger partial charge in [0.05, 0.1) is 0 Å². The first-order valence-corrected chi connectivity index (χ1v) is 9.37. The number of nitrogens with zero attached hydrogens (tertiary/aromatic N) is 1. The minimum atomic E-state index is -0.146. The quantitative estimate of drug-likeness (QED) is 0.858. The molecule has 0 atom stereocenters. The van der Waals surface area contributed by atoms with Gasteiger partial charge in [-0.25, -0.2) is 0 Å². The average molecular weight is 352 g/mol. The van der Waals surface area contributed by atoms with Gasteiger partial charge >= 0.3 is 0 Å². The van der Waals surface area contributed by atoms with E-state index in [0.717, 1.165) is 41.6 Å². The monoisotopic (exact) mass is 352 g/mol. The molecule has 0 spiro atoms. The van der Waals surface area contributed by atoms with E-state index in [2.05, 4.69) is 29.3 Å². The lowest BCUT2D eigenvalue weighted by Gasteiger charge is -2.32. The molecule has 0 radical (unpaired) electrons. The van der Waals surface area contributed by atoms with E-state index in [9.17, 15) is 4.79 Å². The molecule has 0 bridgehead atoms. The highest BCUT2D eigenvalue weighted by Crippen LogP contribution is 2.25. The largest absolute Gasteiger partial charge is 0.483 e. The first-order valence-electron chi connectivity index (χ1n) is 9.37. The molecule has 2 aromatic rings. The molecule has 3 rings (SSSR count). The van der Waals surface area contributed by atoms with Gasteiger partial charge in [-0.1, -0.05) is 25.1 Å². The van der Waals surface area contributed by atoms with Crippen molar-refractivity contribution >= 4 is 17.3 Å². The number of hydrogen-bond acceptors (Lipinski definition) is 3. The van der Waals surface area contributed by atoms with E-state index in [-0.39, 0.29) is 12.5 Å². The van der Waals surface area contributed by atoms with Crippen LogP contribution < -0.4 is 15.0 Å². The lowest BCUT2D eigenvalue weighted by molar-refractivity contribution is -0.118. The molecule has 1 saturated heterocycles. The Hall–Kier alpha value is -2.49. The molecule has 0 saturated carbocycles. The Morgan fingerprint density at radius 2 is 1.69 bits per heavy atom. The first-order chi connectivity index (χ1) is 12.5. The summed E-state index contributed by atoms with van der Waals surface area (Å²) in [7, 11) is 0. The van der Waals surface area contributed by atoms with E-state index in [4.69, 9.17) is 4.74 Å². The molecule has 1 fully saturated rings.